The highest BCUT2D eigenvalue weighted by molar-refractivity contribution is 7.47. The van der Waals surface area contributed by atoms with E-state index < -0.39 is 22.0 Å². The van der Waals surface area contributed by atoms with E-state index in [1.54, 1.807) is 42.7 Å². The van der Waals surface area contributed by atoms with Gasteiger partial charge in [0.15, 0.2) is 8.38 Å². The van der Waals surface area contributed by atoms with Crippen LogP contribution in [-0.4, -0.2) is 55.4 Å². The van der Waals surface area contributed by atoms with E-state index >= 15 is 0 Å². The van der Waals surface area contributed by atoms with E-state index in [2.05, 4.69) is 83.1 Å². The summed E-state index contributed by atoms with van der Waals surface area (Å²) >= 11 is 0. The maximum Gasteiger partial charge on any atom is 0.453 e. The van der Waals surface area contributed by atoms with Gasteiger partial charge in [0.1, 0.15) is 45.7 Å². The van der Waals surface area contributed by atoms with Crippen molar-refractivity contribution in [1.29, 1.82) is 0 Å². The Hall–Kier alpha value is -4.07. The van der Waals surface area contributed by atoms with Crippen LogP contribution in [0.15, 0.2) is 56.9 Å². The van der Waals surface area contributed by atoms with Crippen molar-refractivity contribution in [3.05, 3.63) is 70.8 Å². The van der Waals surface area contributed by atoms with Crippen LogP contribution < -0.4 is 28.2 Å². The number of benzene rings is 4. The Labute approximate surface area is 359 Å². The normalized spacial score (nSPS) is 12.6. The zero-order valence-electron chi connectivity index (χ0n) is 39.0. The molecule has 5 rings (SSSR count). The Morgan fingerprint density at radius 3 is 1.18 bits per heavy atom. The lowest BCUT2D eigenvalue weighted by atomic mass is 9.81. The molecule has 0 bridgehead atoms. The van der Waals surface area contributed by atoms with Gasteiger partial charge in [-0.1, -0.05) is 83.1 Å². The molecule has 0 aliphatic carbocycles. The van der Waals surface area contributed by atoms with Crippen molar-refractivity contribution in [1.82, 2.24) is 0 Å². The summed E-state index contributed by atoms with van der Waals surface area (Å²) in [6.45, 7) is 26.3. The molecule has 5 aromatic rings. The van der Waals surface area contributed by atoms with E-state index in [9.17, 15) is 0 Å². The fraction of sp³-hybridized carbons (Fsp3) is 0.500. The van der Waals surface area contributed by atoms with Crippen molar-refractivity contribution < 1.29 is 45.6 Å². The Balaban J connectivity index is 1.99. The molecule has 0 N–H and O–H groups in total. The van der Waals surface area contributed by atoms with E-state index in [1.807, 2.05) is 48.5 Å². The van der Waals surface area contributed by atoms with Crippen LogP contribution in [0.4, 0.5) is 0 Å². The molecule has 0 radical (unpaired) electrons. The first kappa shape index (κ1) is 47.0. The average Bonchev–Trinajstić information content (AvgIpc) is 3.33. The van der Waals surface area contributed by atoms with E-state index in [0.29, 0.717) is 58.4 Å². The van der Waals surface area contributed by atoms with Gasteiger partial charge in [-0.2, -0.15) is 0 Å². The molecule has 0 unspecified atom stereocenters. The van der Waals surface area contributed by atoms with Gasteiger partial charge in [0.25, 0.3) is 0 Å². The fourth-order valence-electron chi connectivity index (χ4n) is 7.12. The van der Waals surface area contributed by atoms with E-state index in [1.165, 1.54) is 0 Å². The van der Waals surface area contributed by atoms with Gasteiger partial charge in [0.2, 0.25) is 0 Å². The van der Waals surface area contributed by atoms with Crippen molar-refractivity contribution >= 4 is 38.6 Å². The maximum atomic E-state index is 7.34. The van der Waals surface area contributed by atoms with E-state index in [0.717, 1.165) is 44.2 Å². The summed E-state index contributed by atoms with van der Waals surface area (Å²) in [5.74, 6) is 4.01. The summed E-state index contributed by atoms with van der Waals surface area (Å²) in [5, 5.41) is 1.65. The van der Waals surface area contributed by atoms with Gasteiger partial charge >= 0.3 is 8.24 Å². The van der Waals surface area contributed by atoms with Crippen molar-refractivity contribution in [2.45, 2.75) is 105 Å². The predicted octanol–water partition coefficient (Wildman–Crippen LogP) is 14.0. The summed E-state index contributed by atoms with van der Waals surface area (Å²) in [5.41, 5.74) is 5.09. The number of ether oxygens (including phenoxy) is 5. The minimum Gasteiger partial charge on any atom is -0.497 e. The Bertz CT molecular complexity index is 2270. The summed E-state index contributed by atoms with van der Waals surface area (Å²) < 4.78 is 63.4. The minimum atomic E-state index is -2.19. The molecule has 0 saturated carbocycles. The lowest BCUT2D eigenvalue weighted by Crippen LogP contribution is -2.16. The lowest BCUT2D eigenvalue weighted by Gasteiger charge is -2.29. The van der Waals surface area contributed by atoms with Crippen LogP contribution in [0.2, 0.25) is 0 Å². The van der Waals surface area contributed by atoms with Crippen molar-refractivity contribution in [3.8, 4) is 45.6 Å². The molecule has 0 fully saturated rings. The standard InChI is InChI=1S/C48H66O10P2/c1-45(2,3)37-25-29(49-13)21-33(41(37)55-19-20-59(53-17)54-18)34-22-30(50-14)26-38(46(4,5)6)42(34)56-60-57-43-35(23-31(51-15)27-39(43)47(7,8)9)36-24-32(52-16)28-40(44(36)58-60)48(10,11)12/h21-28H,19-20H2,1-18H3. The minimum absolute atomic E-state index is 0.335. The highest BCUT2D eigenvalue weighted by atomic mass is 31.2. The molecule has 1 heterocycles. The molecule has 10 nitrogen and oxygen atoms in total. The largest absolute Gasteiger partial charge is 0.497 e. The van der Waals surface area contributed by atoms with Gasteiger partial charge in [-0.3, -0.25) is 0 Å². The van der Waals surface area contributed by atoms with Crippen LogP contribution in [0.3, 0.4) is 0 Å². The maximum absolute atomic E-state index is 7.34. The van der Waals surface area contributed by atoms with Crippen LogP contribution in [0.1, 0.15) is 105 Å². The quantitative estimate of drug-likeness (QED) is 0.106. The second kappa shape index (κ2) is 18.1. The molecule has 0 saturated heterocycles. The molecule has 0 aliphatic heterocycles. The number of fused-ring (bicyclic) bond motifs is 3. The molecular formula is C48H66O10P2. The Morgan fingerprint density at radius 1 is 0.467 bits per heavy atom. The topological polar surface area (TPSA) is 100 Å². The van der Waals surface area contributed by atoms with E-state index in [4.69, 9.17) is 45.6 Å². The molecule has 4 aromatic carbocycles. The summed E-state index contributed by atoms with van der Waals surface area (Å²) in [4.78, 5) is 0. The average molecular weight is 865 g/mol. The third-order valence-corrected chi connectivity index (χ3v) is 12.8. The predicted molar refractivity (Wildman–Crippen MR) is 247 cm³/mol. The molecule has 0 aliphatic rings. The summed E-state index contributed by atoms with van der Waals surface area (Å²) in [7, 11) is 6.71. The van der Waals surface area contributed by atoms with Gasteiger partial charge < -0.3 is 45.6 Å². The van der Waals surface area contributed by atoms with Crippen LogP contribution in [-0.2, 0) is 30.7 Å². The first-order valence-corrected chi connectivity index (χ1v) is 22.7. The third kappa shape index (κ3) is 10.2. The molecular weight excluding hydrogens is 798 g/mol. The third-order valence-electron chi connectivity index (χ3n) is 10.4. The van der Waals surface area contributed by atoms with Gasteiger partial charge in [0, 0.05) is 58.4 Å². The molecule has 1 aromatic heterocycles. The van der Waals surface area contributed by atoms with Gasteiger partial charge in [0.05, 0.1) is 41.2 Å². The first-order valence-electron chi connectivity index (χ1n) is 20.2. The van der Waals surface area contributed by atoms with Crippen LogP contribution >= 0.6 is 16.6 Å². The highest BCUT2D eigenvalue weighted by Crippen LogP contribution is 2.53. The lowest BCUT2D eigenvalue weighted by molar-refractivity contribution is 0.304. The van der Waals surface area contributed by atoms with Crippen molar-refractivity contribution in [2.24, 2.45) is 0 Å². The summed E-state index contributed by atoms with van der Waals surface area (Å²) in [6, 6.07) is 16.1. The van der Waals surface area contributed by atoms with Crippen LogP contribution in [0, 0.1) is 0 Å². The number of hydrogen-bond acceptors (Lipinski definition) is 10. The van der Waals surface area contributed by atoms with Crippen molar-refractivity contribution in [3.63, 3.8) is 0 Å². The second-order valence-electron chi connectivity index (χ2n) is 19.0. The number of hydrogen-bond donors (Lipinski definition) is 0. The monoisotopic (exact) mass is 864 g/mol. The molecule has 0 atom stereocenters. The molecule has 60 heavy (non-hydrogen) atoms. The zero-order valence-corrected chi connectivity index (χ0v) is 40.8. The zero-order chi connectivity index (χ0) is 44.5. The van der Waals surface area contributed by atoms with E-state index in [-0.39, 0.29) is 16.2 Å². The molecule has 328 valence electrons. The fourth-order valence-corrected chi connectivity index (χ4v) is 9.02. The van der Waals surface area contributed by atoms with Gasteiger partial charge in [-0.25, -0.2) is 0 Å². The second-order valence-corrected chi connectivity index (χ2v) is 21.8. The molecule has 0 amide bonds. The van der Waals surface area contributed by atoms with Crippen LogP contribution in [0.25, 0.3) is 33.1 Å². The van der Waals surface area contributed by atoms with Gasteiger partial charge in [-0.15, -0.1) is 0 Å². The Morgan fingerprint density at radius 2 is 0.817 bits per heavy atom. The van der Waals surface area contributed by atoms with Gasteiger partial charge in [-0.05, 0) is 70.2 Å². The number of methoxy groups -OCH3 is 4. The SMILES string of the molecule is COc1cc(-c2cc(OC)cc(C(C)(C)C)c2Op2oc3c(C(C)(C)C)cc(OC)cc3c3cc(OC)cc(C(C)(C)C)c3o2)c(OCCP(OC)OC)c(C(C)(C)C)c1. The first-order chi connectivity index (χ1) is 28.0. The molecule has 12 heteroatoms. The smallest absolute Gasteiger partial charge is 0.453 e. The van der Waals surface area contributed by atoms with Crippen molar-refractivity contribution in [2.75, 3.05) is 55.4 Å². The highest BCUT2D eigenvalue weighted by Gasteiger charge is 2.32. The van der Waals surface area contributed by atoms with Crippen LogP contribution in [0.5, 0.6) is 34.5 Å². The summed E-state index contributed by atoms with van der Waals surface area (Å²) in [6.07, 6.45) is 0.569. The number of rotatable bonds is 13. The molecule has 0 spiro atoms. The Kier molecular flexibility index (Phi) is 14.2.